The number of nitrogens with zero attached hydrogens (tertiary/aromatic N) is 1. The van der Waals surface area contributed by atoms with Crippen molar-refractivity contribution in [2.75, 3.05) is 20.1 Å². The highest BCUT2D eigenvalue weighted by Crippen LogP contribution is 2.43. The summed E-state index contributed by atoms with van der Waals surface area (Å²) in [4.78, 5) is 14.1. The monoisotopic (exact) mass is 319 g/mol. The van der Waals surface area contributed by atoms with Crippen molar-refractivity contribution in [2.24, 2.45) is 0 Å². The number of amides is 1. The summed E-state index contributed by atoms with van der Waals surface area (Å²) >= 11 is 13.7. The highest BCUT2D eigenvalue weighted by atomic mass is 35.5. The van der Waals surface area contributed by atoms with Gasteiger partial charge in [-0.25, -0.2) is 0 Å². The lowest BCUT2D eigenvalue weighted by Gasteiger charge is -2.23. The van der Waals surface area contributed by atoms with Crippen LogP contribution in [0.1, 0.15) is 17.9 Å². The summed E-state index contributed by atoms with van der Waals surface area (Å²) in [7, 11) is 2.01. The van der Waals surface area contributed by atoms with Crippen LogP contribution >= 0.6 is 35.0 Å². The third kappa shape index (κ3) is 3.19. The molecule has 0 spiro atoms. The highest BCUT2D eigenvalue weighted by molar-refractivity contribution is 8.01. The van der Waals surface area contributed by atoms with E-state index in [2.05, 4.69) is 5.32 Å². The smallest absolute Gasteiger partial charge is 0.236 e. The molecule has 0 bridgehead atoms. The van der Waals surface area contributed by atoms with Crippen molar-refractivity contribution in [1.29, 1.82) is 0 Å². The third-order valence-corrected chi connectivity index (χ3v) is 5.27. The number of carbonyl (C=O) groups excluding carboxylic acids is 1. The molecule has 1 amide bonds. The van der Waals surface area contributed by atoms with E-state index in [1.165, 1.54) is 0 Å². The normalized spacial score (nSPS) is 23.2. The summed E-state index contributed by atoms with van der Waals surface area (Å²) in [5, 5.41) is 3.19. The van der Waals surface area contributed by atoms with Crippen LogP contribution in [0.25, 0.3) is 0 Å². The quantitative estimate of drug-likeness (QED) is 0.923. The molecule has 1 aliphatic rings. The van der Waals surface area contributed by atoms with E-state index >= 15 is 0 Å². The molecular weight excluding hydrogens is 303 g/mol. The number of halogens is 2. The molecule has 0 aliphatic carbocycles. The zero-order valence-corrected chi connectivity index (χ0v) is 13.2. The van der Waals surface area contributed by atoms with E-state index in [9.17, 15) is 4.79 Å². The molecule has 0 radical (unpaired) electrons. The number of benzene rings is 1. The lowest BCUT2D eigenvalue weighted by atomic mass is 10.2. The summed E-state index contributed by atoms with van der Waals surface area (Å²) in [5.74, 6) is 0.197. The standard InChI is InChI=1S/C13H16Cl2N2OS/c1-8-12(18)17(6-5-16-2)13(19-8)9-3-4-10(14)11(15)7-9/h3-4,7-8,13,16H,5-6H2,1-2H3/p+1/t8-,13+/m1/s1. The maximum Gasteiger partial charge on any atom is 0.236 e. The van der Waals surface area contributed by atoms with Crippen molar-refractivity contribution in [3.63, 3.8) is 0 Å². The number of nitrogens with two attached hydrogens (primary N) is 1. The SMILES string of the molecule is C[NH2+]CCN1C(=O)[C@@H](C)S[C@H]1c1ccc(Cl)c(Cl)c1. The molecule has 1 aliphatic heterocycles. The molecule has 3 nitrogen and oxygen atoms in total. The van der Waals surface area contributed by atoms with Crippen molar-refractivity contribution in [1.82, 2.24) is 4.90 Å². The maximum absolute atomic E-state index is 12.2. The number of hydrogen-bond acceptors (Lipinski definition) is 2. The largest absolute Gasteiger partial charge is 0.347 e. The summed E-state index contributed by atoms with van der Waals surface area (Å²) in [6.45, 7) is 3.60. The average Bonchev–Trinajstić information content (AvgIpc) is 2.67. The van der Waals surface area contributed by atoms with Gasteiger partial charge in [-0.3, -0.25) is 4.79 Å². The van der Waals surface area contributed by atoms with Crippen LogP contribution in [0.5, 0.6) is 0 Å². The van der Waals surface area contributed by atoms with Crippen LogP contribution < -0.4 is 5.32 Å². The molecule has 6 heteroatoms. The maximum atomic E-state index is 12.2. The number of rotatable bonds is 4. The Kier molecular flexibility index (Phi) is 5.01. The first-order valence-electron chi connectivity index (χ1n) is 6.23. The number of quaternary nitrogens is 1. The number of carbonyl (C=O) groups is 1. The second-order valence-corrected chi connectivity index (χ2v) is 6.77. The van der Waals surface area contributed by atoms with Gasteiger partial charge in [-0.2, -0.15) is 0 Å². The molecule has 1 aromatic rings. The minimum Gasteiger partial charge on any atom is -0.347 e. The van der Waals surface area contributed by atoms with E-state index in [0.717, 1.165) is 18.7 Å². The van der Waals surface area contributed by atoms with Gasteiger partial charge in [0, 0.05) is 0 Å². The third-order valence-electron chi connectivity index (χ3n) is 3.13. The van der Waals surface area contributed by atoms with Gasteiger partial charge in [-0.05, 0) is 24.6 Å². The lowest BCUT2D eigenvalue weighted by Crippen LogP contribution is -2.81. The minimum atomic E-state index is -0.00342. The van der Waals surface area contributed by atoms with Crippen molar-refractivity contribution in [3.05, 3.63) is 33.8 Å². The van der Waals surface area contributed by atoms with Crippen molar-refractivity contribution >= 4 is 40.9 Å². The molecule has 2 rings (SSSR count). The minimum absolute atomic E-state index is 0.00342. The van der Waals surface area contributed by atoms with Crippen LogP contribution in [0.2, 0.25) is 10.0 Å². The second-order valence-electron chi connectivity index (χ2n) is 4.53. The number of likely N-dealkylation sites (N-methyl/N-ethyl adjacent to an activating group) is 1. The van der Waals surface area contributed by atoms with Crippen molar-refractivity contribution in [3.8, 4) is 0 Å². The molecule has 19 heavy (non-hydrogen) atoms. The van der Waals surface area contributed by atoms with E-state index in [-0.39, 0.29) is 16.5 Å². The fraction of sp³-hybridized carbons (Fsp3) is 0.462. The van der Waals surface area contributed by atoms with Crippen LogP contribution in [0.3, 0.4) is 0 Å². The van der Waals surface area contributed by atoms with Gasteiger partial charge >= 0.3 is 0 Å². The first-order valence-corrected chi connectivity index (χ1v) is 7.93. The second kappa shape index (κ2) is 6.35. The van der Waals surface area contributed by atoms with E-state index in [1.54, 1.807) is 17.8 Å². The Hall–Kier alpha value is -0.420. The Balaban J connectivity index is 2.25. The molecule has 2 atom stereocenters. The predicted octanol–water partition coefficient (Wildman–Crippen LogP) is 2.15. The van der Waals surface area contributed by atoms with E-state index in [1.807, 2.05) is 31.0 Å². The number of hydrogen-bond donors (Lipinski definition) is 1. The Morgan fingerprint density at radius 2 is 2.11 bits per heavy atom. The first kappa shape index (κ1) is 15.0. The van der Waals surface area contributed by atoms with Gasteiger partial charge in [0.05, 0.1) is 35.4 Å². The molecular formula is C13H17Cl2N2OS+. The van der Waals surface area contributed by atoms with E-state index in [0.29, 0.717) is 10.0 Å². The Labute approximate surface area is 127 Å². The van der Waals surface area contributed by atoms with Crippen LogP contribution in [0.4, 0.5) is 0 Å². The van der Waals surface area contributed by atoms with Gasteiger partial charge in [-0.1, -0.05) is 29.3 Å². The van der Waals surface area contributed by atoms with Crippen LogP contribution in [-0.2, 0) is 4.79 Å². The first-order chi connectivity index (χ1) is 9.04. The summed E-state index contributed by atoms with van der Waals surface area (Å²) in [6, 6.07) is 5.59. The molecule has 0 aromatic heterocycles. The zero-order chi connectivity index (χ0) is 14.0. The topological polar surface area (TPSA) is 36.9 Å². The highest BCUT2D eigenvalue weighted by Gasteiger charge is 2.38. The van der Waals surface area contributed by atoms with E-state index in [4.69, 9.17) is 23.2 Å². The molecule has 0 saturated carbocycles. The molecule has 0 unspecified atom stereocenters. The molecule has 104 valence electrons. The van der Waals surface area contributed by atoms with Crippen molar-refractivity contribution in [2.45, 2.75) is 17.5 Å². The lowest BCUT2D eigenvalue weighted by molar-refractivity contribution is -0.626. The zero-order valence-electron chi connectivity index (χ0n) is 10.9. The van der Waals surface area contributed by atoms with Gasteiger partial charge in [0.15, 0.2) is 0 Å². The Morgan fingerprint density at radius 3 is 2.74 bits per heavy atom. The van der Waals surface area contributed by atoms with Crippen LogP contribution in [0, 0.1) is 0 Å². The summed E-state index contributed by atoms with van der Waals surface area (Å²) < 4.78 is 0. The van der Waals surface area contributed by atoms with Gasteiger partial charge in [0.2, 0.25) is 5.91 Å². The predicted molar refractivity (Wildman–Crippen MR) is 80.7 cm³/mol. The molecule has 1 heterocycles. The van der Waals surface area contributed by atoms with Gasteiger partial charge < -0.3 is 10.2 Å². The van der Waals surface area contributed by atoms with Gasteiger partial charge in [-0.15, -0.1) is 11.8 Å². The van der Waals surface area contributed by atoms with Gasteiger partial charge in [0.1, 0.15) is 5.37 Å². The number of thioether (sulfide) groups is 1. The molecule has 1 fully saturated rings. The van der Waals surface area contributed by atoms with Crippen LogP contribution in [-0.4, -0.2) is 36.2 Å². The fourth-order valence-electron chi connectivity index (χ4n) is 2.09. The molecule has 1 saturated heterocycles. The van der Waals surface area contributed by atoms with Gasteiger partial charge in [0.25, 0.3) is 0 Å². The van der Waals surface area contributed by atoms with E-state index < -0.39 is 0 Å². The Bertz CT molecular complexity index is 484. The fourth-order valence-corrected chi connectivity index (χ4v) is 3.70. The summed E-state index contributed by atoms with van der Waals surface area (Å²) in [6.07, 6.45) is 0. The summed E-state index contributed by atoms with van der Waals surface area (Å²) in [5.41, 5.74) is 1.04. The molecule has 1 aromatic carbocycles. The Morgan fingerprint density at radius 1 is 1.37 bits per heavy atom. The van der Waals surface area contributed by atoms with Crippen LogP contribution in [0.15, 0.2) is 18.2 Å². The van der Waals surface area contributed by atoms with Crippen molar-refractivity contribution < 1.29 is 10.1 Å². The molecule has 2 N–H and O–H groups in total. The average molecular weight is 320 g/mol.